The molecule has 0 aliphatic heterocycles. The average molecular weight is 292 g/mol. The van der Waals surface area contributed by atoms with Crippen LogP contribution < -0.4 is 0 Å². The van der Waals surface area contributed by atoms with Gasteiger partial charge in [-0.1, -0.05) is 47.8 Å². The SMILES string of the molecule is CCCC(C)C(O)c1cc(Cl)ccc1Br. The highest BCUT2D eigenvalue weighted by Crippen LogP contribution is 2.32. The molecule has 0 spiro atoms. The highest BCUT2D eigenvalue weighted by molar-refractivity contribution is 9.10. The minimum absolute atomic E-state index is 0.254. The Kier molecular flexibility index (Phi) is 5.10. The molecule has 1 rings (SSSR count). The maximum Gasteiger partial charge on any atom is 0.0826 e. The molecule has 2 atom stereocenters. The van der Waals surface area contributed by atoms with Gasteiger partial charge in [-0.05, 0) is 36.1 Å². The van der Waals surface area contributed by atoms with Gasteiger partial charge < -0.3 is 5.11 Å². The van der Waals surface area contributed by atoms with Crippen LogP contribution in [0, 0.1) is 5.92 Å². The summed E-state index contributed by atoms with van der Waals surface area (Å²) in [5.41, 5.74) is 0.878. The molecule has 1 nitrogen and oxygen atoms in total. The first-order valence-corrected chi connectivity index (χ1v) is 6.36. The van der Waals surface area contributed by atoms with Gasteiger partial charge in [-0.15, -0.1) is 0 Å². The third kappa shape index (κ3) is 3.47. The summed E-state index contributed by atoms with van der Waals surface area (Å²) in [6.07, 6.45) is 1.65. The van der Waals surface area contributed by atoms with E-state index in [0.29, 0.717) is 5.02 Å². The fraction of sp³-hybridized carbons (Fsp3) is 0.500. The molecule has 0 radical (unpaired) electrons. The van der Waals surface area contributed by atoms with Crippen LogP contribution in [0.25, 0.3) is 0 Å². The fourth-order valence-electron chi connectivity index (χ4n) is 1.66. The van der Waals surface area contributed by atoms with Gasteiger partial charge in [-0.3, -0.25) is 0 Å². The molecule has 0 bridgehead atoms. The lowest BCUT2D eigenvalue weighted by Crippen LogP contribution is -2.09. The number of aliphatic hydroxyl groups excluding tert-OH is 1. The Hall–Kier alpha value is -0.0500. The number of aliphatic hydroxyl groups is 1. The van der Waals surface area contributed by atoms with Crippen molar-refractivity contribution in [3.8, 4) is 0 Å². The first-order chi connectivity index (χ1) is 7.06. The van der Waals surface area contributed by atoms with E-state index in [1.807, 2.05) is 18.2 Å². The Morgan fingerprint density at radius 2 is 2.13 bits per heavy atom. The van der Waals surface area contributed by atoms with Crippen LogP contribution in [0.4, 0.5) is 0 Å². The maximum absolute atomic E-state index is 10.1. The summed E-state index contributed by atoms with van der Waals surface area (Å²) in [5, 5.41) is 10.8. The third-order valence-corrected chi connectivity index (χ3v) is 3.52. The highest BCUT2D eigenvalue weighted by Gasteiger charge is 2.18. The molecular weight excluding hydrogens is 275 g/mol. The van der Waals surface area contributed by atoms with Crippen molar-refractivity contribution >= 4 is 27.5 Å². The topological polar surface area (TPSA) is 20.2 Å². The molecule has 2 unspecified atom stereocenters. The molecule has 0 amide bonds. The van der Waals surface area contributed by atoms with Gasteiger partial charge in [0.1, 0.15) is 0 Å². The summed E-state index contributed by atoms with van der Waals surface area (Å²) in [5.74, 6) is 0.254. The summed E-state index contributed by atoms with van der Waals surface area (Å²) in [6.45, 7) is 4.18. The van der Waals surface area contributed by atoms with Gasteiger partial charge in [-0.25, -0.2) is 0 Å². The van der Waals surface area contributed by atoms with Crippen molar-refractivity contribution in [1.82, 2.24) is 0 Å². The van der Waals surface area contributed by atoms with Crippen LogP contribution in [0.15, 0.2) is 22.7 Å². The van der Waals surface area contributed by atoms with Crippen molar-refractivity contribution in [2.75, 3.05) is 0 Å². The largest absolute Gasteiger partial charge is 0.388 e. The molecule has 1 aromatic rings. The van der Waals surface area contributed by atoms with Crippen molar-refractivity contribution in [3.63, 3.8) is 0 Å². The molecule has 15 heavy (non-hydrogen) atoms. The smallest absolute Gasteiger partial charge is 0.0826 e. The molecule has 0 fully saturated rings. The zero-order valence-electron chi connectivity index (χ0n) is 9.00. The molecular formula is C12H16BrClO. The van der Waals surface area contributed by atoms with E-state index in [0.717, 1.165) is 22.9 Å². The maximum atomic E-state index is 10.1. The quantitative estimate of drug-likeness (QED) is 0.861. The van der Waals surface area contributed by atoms with E-state index in [9.17, 15) is 5.11 Å². The Balaban J connectivity index is 2.89. The zero-order valence-corrected chi connectivity index (χ0v) is 11.3. The molecule has 0 aromatic heterocycles. The van der Waals surface area contributed by atoms with E-state index < -0.39 is 6.10 Å². The Morgan fingerprint density at radius 1 is 1.47 bits per heavy atom. The van der Waals surface area contributed by atoms with Crippen LogP contribution in [-0.2, 0) is 0 Å². The van der Waals surface area contributed by atoms with Gasteiger partial charge >= 0.3 is 0 Å². The molecule has 0 saturated carbocycles. The average Bonchev–Trinajstić information content (AvgIpc) is 2.21. The normalized spacial score (nSPS) is 15.0. The van der Waals surface area contributed by atoms with Crippen molar-refractivity contribution in [2.24, 2.45) is 5.92 Å². The second kappa shape index (κ2) is 5.88. The standard InChI is InChI=1S/C12H16BrClO/c1-3-4-8(2)12(15)10-7-9(14)5-6-11(10)13/h5-8,12,15H,3-4H2,1-2H3. The molecule has 0 aliphatic carbocycles. The van der Waals surface area contributed by atoms with Gasteiger partial charge in [-0.2, -0.15) is 0 Å². The van der Waals surface area contributed by atoms with E-state index in [1.165, 1.54) is 0 Å². The Labute approximate surface area is 105 Å². The van der Waals surface area contributed by atoms with Gasteiger partial charge in [0, 0.05) is 9.50 Å². The number of halogens is 2. The van der Waals surface area contributed by atoms with Crippen LogP contribution in [0.2, 0.25) is 5.02 Å². The molecule has 1 aromatic carbocycles. The van der Waals surface area contributed by atoms with E-state index >= 15 is 0 Å². The summed E-state index contributed by atoms with van der Waals surface area (Å²) in [7, 11) is 0. The van der Waals surface area contributed by atoms with E-state index in [1.54, 1.807) is 0 Å². The summed E-state index contributed by atoms with van der Waals surface area (Å²) >= 11 is 9.34. The van der Waals surface area contributed by atoms with Crippen LogP contribution in [-0.4, -0.2) is 5.11 Å². The third-order valence-electron chi connectivity index (χ3n) is 2.56. The van der Waals surface area contributed by atoms with Gasteiger partial charge in [0.15, 0.2) is 0 Å². The van der Waals surface area contributed by atoms with Crippen molar-refractivity contribution in [2.45, 2.75) is 32.8 Å². The number of benzene rings is 1. The summed E-state index contributed by atoms with van der Waals surface area (Å²) in [4.78, 5) is 0. The monoisotopic (exact) mass is 290 g/mol. The second-order valence-electron chi connectivity index (χ2n) is 3.88. The lowest BCUT2D eigenvalue weighted by atomic mass is 9.94. The minimum Gasteiger partial charge on any atom is -0.388 e. The van der Waals surface area contributed by atoms with Crippen LogP contribution >= 0.6 is 27.5 Å². The van der Waals surface area contributed by atoms with Crippen molar-refractivity contribution in [3.05, 3.63) is 33.3 Å². The highest BCUT2D eigenvalue weighted by atomic mass is 79.9. The number of hydrogen-bond donors (Lipinski definition) is 1. The second-order valence-corrected chi connectivity index (χ2v) is 5.17. The summed E-state index contributed by atoms with van der Waals surface area (Å²) < 4.78 is 0.919. The van der Waals surface area contributed by atoms with Gasteiger partial charge in [0.2, 0.25) is 0 Å². The zero-order chi connectivity index (χ0) is 11.4. The lowest BCUT2D eigenvalue weighted by molar-refractivity contribution is 0.111. The Morgan fingerprint density at radius 3 is 2.73 bits per heavy atom. The molecule has 0 saturated heterocycles. The molecule has 1 N–H and O–H groups in total. The molecule has 0 aliphatic rings. The van der Waals surface area contributed by atoms with Crippen LogP contribution in [0.3, 0.4) is 0 Å². The van der Waals surface area contributed by atoms with Crippen molar-refractivity contribution < 1.29 is 5.11 Å². The first-order valence-electron chi connectivity index (χ1n) is 5.19. The van der Waals surface area contributed by atoms with E-state index in [2.05, 4.69) is 29.8 Å². The Bertz CT molecular complexity index is 327. The van der Waals surface area contributed by atoms with E-state index in [-0.39, 0.29) is 5.92 Å². The fourth-order valence-corrected chi connectivity index (χ4v) is 2.32. The molecule has 3 heteroatoms. The van der Waals surface area contributed by atoms with Crippen molar-refractivity contribution in [1.29, 1.82) is 0 Å². The van der Waals surface area contributed by atoms with Gasteiger partial charge in [0.25, 0.3) is 0 Å². The van der Waals surface area contributed by atoms with Gasteiger partial charge in [0.05, 0.1) is 6.10 Å². The van der Waals surface area contributed by atoms with E-state index in [4.69, 9.17) is 11.6 Å². The summed E-state index contributed by atoms with van der Waals surface area (Å²) in [6, 6.07) is 5.51. The molecule has 84 valence electrons. The predicted molar refractivity (Wildman–Crippen MR) is 68.2 cm³/mol. The lowest BCUT2D eigenvalue weighted by Gasteiger charge is -2.20. The molecule has 0 heterocycles. The van der Waals surface area contributed by atoms with Crippen LogP contribution in [0.5, 0.6) is 0 Å². The minimum atomic E-state index is -0.446. The number of hydrogen-bond acceptors (Lipinski definition) is 1. The first kappa shape index (κ1) is 13.0. The van der Waals surface area contributed by atoms with Crippen LogP contribution in [0.1, 0.15) is 38.4 Å². The predicted octanol–water partition coefficient (Wildman–Crippen LogP) is 4.57. The number of rotatable bonds is 4.